The molecule has 0 aliphatic carbocycles. The van der Waals surface area contributed by atoms with Crippen molar-refractivity contribution in [3.63, 3.8) is 0 Å². The summed E-state index contributed by atoms with van der Waals surface area (Å²) in [4.78, 5) is 22.1. The van der Waals surface area contributed by atoms with E-state index < -0.39 is 102 Å². The molecule has 0 bridgehead atoms. The lowest BCUT2D eigenvalue weighted by Gasteiger charge is -2.49. The molecule has 340 valence electrons. The van der Waals surface area contributed by atoms with Gasteiger partial charge in [0.15, 0.2) is 12.6 Å². The minimum atomic E-state index is -1.92. The fraction of sp³-hybridized carbons (Fsp3) is 0.953. The van der Waals surface area contributed by atoms with Gasteiger partial charge in [0.2, 0.25) is 0 Å². The van der Waals surface area contributed by atoms with E-state index in [0.29, 0.717) is 18.7 Å². The van der Waals surface area contributed by atoms with Crippen molar-refractivity contribution in [2.24, 2.45) is 28.8 Å². The molecule has 3 rings (SSSR count). The minimum absolute atomic E-state index is 0.0301. The van der Waals surface area contributed by atoms with E-state index in [4.69, 9.17) is 33.3 Å². The van der Waals surface area contributed by atoms with Crippen LogP contribution in [0.15, 0.2) is 5.16 Å². The summed E-state index contributed by atoms with van der Waals surface area (Å²) in [6.45, 7) is 19.7. The zero-order valence-corrected chi connectivity index (χ0v) is 37.9. The Morgan fingerprint density at radius 2 is 1.53 bits per heavy atom. The summed E-state index contributed by atoms with van der Waals surface area (Å²) in [5.74, 6) is -3.90. The predicted molar refractivity (Wildman–Crippen MR) is 219 cm³/mol. The lowest BCUT2D eigenvalue weighted by atomic mass is 9.73. The van der Waals surface area contributed by atoms with Crippen LogP contribution in [0, 0.1) is 23.7 Å². The number of aliphatic hydroxyl groups excluding tert-OH is 3. The number of hydrogen-bond acceptors (Lipinski definition) is 15. The number of unbranched alkanes of at least 4 members (excludes halogenated alkanes) is 3. The van der Waals surface area contributed by atoms with Crippen molar-refractivity contribution in [2.45, 2.75) is 212 Å². The van der Waals surface area contributed by atoms with Crippen LogP contribution in [0.1, 0.15) is 128 Å². The van der Waals surface area contributed by atoms with E-state index in [1.54, 1.807) is 48.5 Å². The van der Waals surface area contributed by atoms with Gasteiger partial charge in [0.05, 0.1) is 53.4 Å². The molecule has 58 heavy (non-hydrogen) atoms. The van der Waals surface area contributed by atoms with E-state index in [9.17, 15) is 30.3 Å². The standard InChI is InChI=1S/C43H80N2O13/c1-15-17-18-19-20-53-44-33-24(3)22-41(9,50)38(58-40-34(46)30(45(12)13)21-25(4)54-40)27(6)35(57-32-23-42(10,52-14)37(48)29(8)55-32)28(7)39(49)56-31(16-2)43(11,51)36(47)26(33)5/h24-32,34-38,40,46-48,50-51H,15-23H2,1-14H3/b44-33+/t24-,25-,26+,27+,28-,29+,30+,31-,32+,34-,35+,36-,37+,38?,40+,41-,42-,43-/m1/s1. The van der Waals surface area contributed by atoms with Crippen LogP contribution in [0.5, 0.6) is 0 Å². The van der Waals surface area contributed by atoms with E-state index in [0.717, 1.165) is 25.7 Å². The highest BCUT2D eigenvalue weighted by Crippen LogP contribution is 2.41. The maximum Gasteiger partial charge on any atom is 0.311 e. The molecule has 0 saturated carbocycles. The second-order valence-electron chi connectivity index (χ2n) is 18.5. The second-order valence-corrected chi connectivity index (χ2v) is 18.5. The molecule has 3 heterocycles. The normalized spacial score (nSPS) is 45.8. The van der Waals surface area contributed by atoms with Crippen LogP contribution >= 0.6 is 0 Å². The second kappa shape index (κ2) is 21.5. The summed E-state index contributed by atoms with van der Waals surface area (Å²) in [6, 6.07) is -0.308. The van der Waals surface area contributed by atoms with E-state index in [-0.39, 0.29) is 31.4 Å². The van der Waals surface area contributed by atoms with Crippen LogP contribution in [0.25, 0.3) is 0 Å². The Balaban J connectivity index is 2.22. The van der Waals surface area contributed by atoms with Gasteiger partial charge >= 0.3 is 5.97 Å². The Hall–Kier alpha value is -1.50. The summed E-state index contributed by atoms with van der Waals surface area (Å²) in [6.07, 6.45) is -5.20. The average Bonchev–Trinajstić information content (AvgIpc) is 3.15. The lowest BCUT2D eigenvalue weighted by Crippen LogP contribution is -2.61. The minimum Gasteiger partial charge on any atom is -0.459 e. The van der Waals surface area contributed by atoms with E-state index in [2.05, 4.69) is 12.1 Å². The number of oxime groups is 1. The van der Waals surface area contributed by atoms with Crippen molar-refractivity contribution in [3.8, 4) is 0 Å². The Labute approximate surface area is 348 Å². The first kappa shape index (κ1) is 50.9. The smallest absolute Gasteiger partial charge is 0.311 e. The maximum absolute atomic E-state index is 14.3. The molecule has 3 fully saturated rings. The number of ether oxygens (including phenoxy) is 6. The summed E-state index contributed by atoms with van der Waals surface area (Å²) in [7, 11) is 5.26. The number of cyclic esters (lactones) is 1. The topological polar surface area (TPSA) is 198 Å². The summed E-state index contributed by atoms with van der Waals surface area (Å²) in [5.41, 5.74) is -4.27. The van der Waals surface area contributed by atoms with Gasteiger partial charge in [-0.3, -0.25) is 4.79 Å². The van der Waals surface area contributed by atoms with Crippen molar-refractivity contribution in [1.82, 2.24) is 4.90 Å². The molecule has 0 amide bonds. The molecule has 5 N–H and O–H groups in total. The summed E-state index contributed by atoms with van der Waals surface area (Å²) < 4.78 is 37.8. The monoisotopic (exact) mass is 833 g/mol. The van der Waals surface area contributed by atoms with Gasteiger partial charge in [-0.25, -0.2) is 0 Å². The summed E-state index contributed by atoms with van der Waals surface area (Å²) in [5, 5.41) is 63.9. The molecule has 3 aliphatic heterocycles. The number of carbonyl (C=O) groups excluding carboxylic acids is 1. The van der Waals surface area contributed by atoms with Crippen molar-refractivity contribution in [1.29, 1.82) is 0 Å². The van der Waals surface area contributed by atoms with Gasteiger partial charge in [-0.2, -0.15) is 0 Å². The third-order valence-electron chi connectivity index (χ3n) is 13.1. The molecule has 15 nitrogen and oxygen atoms in total. The van der Waals surface area contributed by atoms with Gasteiger partial charge in [-0.1, -0.05) is 52.6 Å². The number of hydrogen-bond donors (Lipinski definition) is 5. The van der Waals surface area contributed by atoms with Crippen molar-refractivity contribution >= 4 is 11.7 Å². The van der Waals surface area contributed by atoms with Gasteiger partial charge in [0.25, 0.3) is 0 Å². The zero-order valence-electron chi connectivity index (χ0n) is 37.9. The molecular weight excluding hydrogens is 752 g/mol. The first-order valence-electron chi connectivity index (χ1n) is 21.7. The number of nitrogens with zero attached hydrogens (tertiary/aromatic N) is 2. The highest BCUT2D eigenvalue weighted by Gasteiger charge is 2.53. The number of likely N-dealkylation sites (N-methyl/N-ethyl adjacent to an activating group) is 1. The molecule has 0 aromatic heterocycles. The molecule has 3 aliphatic rings. The van der Waals surface area contributed by atoms with Gasteiger partial charge in [0.1, 0.15) is 30.5 Å². The number of aliphatic hydroxyl groups is 5. The van der Waals surface area contributed by atoms with Crippen LogP contribution in [-0.4, -0.2) is 154 Å². The van der Waals surface area contributed by atoms with Crippen LogP contribution < -0.4 is 0 Å². The predicted octanol–water partition coefficient (Wildman–Crippen LogP) is 4.17. The number of rotatable bonds is 13. The molecule has 0 spiro atoms. The maximum atomic E-state index is 14.3. The van der Waals surface area contributed by atoms with Crippen LogP contribution in [0.2, 0.25) is 0 Å². The zero-order chi connectivity index (χ0) is 43.9. The highest BCUT2D eigenvalue weighted by atomic mass is 16.7. The van der Waals surface area contributed by atoms with Crippen LogP contribution in [0.3, 0.4) is 0 Å². The first-order valence-corrected chi connectivity index (χ1v) is 21.7. The van der Waals surface area contributed by atoms with Gasteiger partial charge in [0, 0.05) is 37.3 Å². The Morgan fingerprint density at radius 3 is 2.12 bits per heavy atom. The average molecular weight is 833 g/mol. The van der Waals surface area contributed by atoms with Crippen LogP contribution in [-0.2, 0) is 38.1 Å². The fourth-order valence-corrected chi connectivity index (χ4v) is 9.31. The van der Waals surface area contributed by atoms with Crippen molar-refractivity contribution < 1.29 is 63.6 Å². The van der Waals surface area contributed by atoms with E-state index in [1.807, 2.05) is 32.8 Å². The molecular formula is C43H80N2O13. The Kier molecular flexibility index (Phi) is 18.9. The van der Waals surface area contributed by atoms with E-state index in [1.165, 1.54) is 14.0 Å². The molecule has 0 aromatic carbocycles. The molecule has 0 radical (unpaired) electrons. The molecule has 18 atom stereocenters. The lowest BCUT2D eigenvalue weighted by molar-refractivity contribution is -0.317. The number of esters is 1. The van der Waals surface area contributed by atoms with E-state index >= 15 is 0 Å². The van der Waals surface area contributed by atoms with Crippen molar-refractivity contribution in [2.75, 3.05) is 27.8 Å². The third-order valence-corrected chi connectivity index (χ3v) is 13.1. The van der Waals surface area contributed by atoms with Crippen molar-refractivity contribution in [3.05, 3.63) is 0 Å². The molecule has 3 saturated heterocycles. The third kappa shape index (κ3) is 12.1. The fourth-order valence-electron chi connectivity index (χ4n) is 9.31. The largest absolute Gasteiger partial charge is 0.459 e. The van der Waals surface area contributed by atoms with Crippen LogP contribution in [0.4, 0.5) is 0 Å². The molecule has 1 unspecified atom stereocenters. The first-order chi connectivity index (χ1) is 27.0. The number of carbonyl (C=O) groups is 1. The highest BCUT2D eigenvalue weighted by molar-refractivity contribution is 5.88. The SMILES string of the molecule is CCCCCCO/N=C1\[C@H](C)C[C@@](C)(O)C(O[C@@H]2O[C@H](C)C[C@H](N(C)C)[C@H]2O)[C@@H](C)[C@H](O[C@H]2C[C@@](C)(OC)[C@@H](O)[C@H](C)O2)[C@@H](C)C(=O)O[C@H](CC)[C@@](C)(O)[C@H](O)[C@H]1C. The quantitative estimate of drug-likeness (QED) is 0.101. The molecule has 15 heteroatoms. The summed E-state index contributed by atoms with van der Waals surface area (Å²) >= 11 is 0. The Bertz CT molecular complexity index is 1300. The molecule has 0 aromatic rings. The van der Waals surface area contributed by atoms with Gasteiger partial charge in [-0.05, 0) is 87.7 Å². The van der Waals surface area contributed by atoms with Gasteiger partial charge in [-0.15, -0.1) is 0 Å². The van der Waals surface area contributed by atoms with Gasteiger partial charge < -0.3 is 63.7 Å². The Morgan fingerprint density at radius 1 is 0.879 bits per heavy atom. The number of methoxy groups -OCH3 is 1.